The second-order valence-electron chi connectivity index (χ2n) is 5.42. The van der Waals surface area contributed by atoms with Crippen LogP contribution in [-0.4, -0.2) is 6.16 Å². The standard InChI is InChI=1S/C20H23O3P/c1-4-7-16-24(21,22-19-12-8-17(5-2)9-13-19)23-20-14-10-18(6-3)11-15-20/h5-6,8-15H,2-4,7,16H2,1H3. The number of benzene rings is 2. The van der Waals surface area contributed by atoms with Crippen molar-refractivity contribution in [2.24, 2.45) is 0 Å². The smallest absolute Gasteiger partial charge is 0.416 e. The Hall–Kier alpha value is -2.25. The van der Waals surface area contributed by atoms with Crippen molar-refractivity contribution in [3.63, 3.8) is 0 Å². The van der Waals surface area contributed by atoms with Crippen molar-refractivity contribution in [1.82, 2.24) is 0 Å². The van der Waals surface area contributed by atoms with Gasteiger partial charge in [0.2, 0.25) is 0 Å². The largest absolute Gasteiger partial charge is 0.430 e. The summed E-state index contributed by atoms with van der Waals surface area (Å²) in [5, 5.41) is 0. The van der Waals surface area contributed by atoms with Gasteiger partial charge in [-0.1, -0.05) is 62.9 Å². The van der Waals surface area contributed by atoms with Crippen molar-refractivity contribution in [2.75, 3.05) is 6.16 Å². The quantitative estimate of drug-likeness (QED) is 0.493. The van der Waals surface area contributed by atoms with Gasteiger partial charge in [0.15, 0.2) is 0 Å². The van der Waals surface area contributed by atoms with Crippen molar-refractivity contribution in [3.05, 3.63) is 72.8 Å². The molecular formula is C20H23O3P. The zero-order valence-electron chi connectivity index (χ0n) is 14.0. The lowest BCUT2D eigenvalue weighted by Crippen LogP contribution is -2.05. The molecule has 0 fully saturated rings. The lowest BCUT2D eigenvalue weighted by atomic mass is 10.2. The van der Waals surface area contributed by atoms with Crippen LogP contribution in [0.5, 0.6) is 11.5 Å². The predicted octanol–water partition coefficient (Wildman–Crippen LogP) is 6.42. The third-order valence-electron chi connectivity index (χ3n) is 3.51. The topological polar surface area (TPSA) is 35.5 Å². The lowest BCUT2D eigenvalue weighted by molar-refractivity contribution is 0.384. The van der Waals surface area contributed by atoms with Gasteiger partial charge in [-0.05, 0) is 41.8 Å². The first kappa shape index (κ1) is 18.1. The summed E-state index contributed by atoms with van der Waals surface area (Å²) in [6.45, 7) is 9.48. The van der Waals surface area contributed by atoms with Gasteiger partial charge in [0, 0.05) is 0 Å². The molecule has 3 nitrogen and oxygen atoms in total. The molecule has 0 aliphatic heterocycles. The van der Waals surface area contributed by atoms with Gasteiger partial charge in [0.05, 0.1) is 6.16 Å². The van der Waals surface area contributed by atoms with Gasteiger partial charge in [-0.2, -0.15) is 0 Å². The van der Waals surface area contributed by atoms with Gasteiger partial charge in [0.1, 0.15) is 11.5 Å². The molecule has 0 saturated carbocycles. The fourth-order valence-electron chi connectivity index (χ4n) is 2.11. The Morgan fingerprint density at radius 2 is 1.29 bits per heavy atom. The van der Waals surface area contributed by atoms with E-state index in [1.807, 2.05) is 31.2 Å². The van der Waals surface area contributed by atoms with E-state index >= 15 is 0 Å². The first-order valence-electron chi connectivity index (χ1n) is 8.02. The van der Waals surface area contributed by atoms with Crippen LogP contribution in [0.15, 0.2) is 61.7 Å². The first-order chi connectivity index (χ1) is 11.6. The van der Waals surface area contributed by atoms with Crippen molar-refractivity contribution in [2.45, 2.75) is 19.8 Å². The zero-order chi connectivity index (χ0) is 17.4. The normalized spacial score (nSPS) is 10.9. The highest BCUT2D eigenvalue weighted by Gasteiger charge is 2.27. The van der Waals surface area contributed by atoms with E-state index < -0.39 is 7.60 Å². The molecule has 0 radical (unpaired) electrons. The second-order valence-corrected chi connectivity index (χ2v) is 7.45. The Morgan fingerprint density at radius 1 is 0.875 bits per heavy atom. The van der Waals surface area contributed by atoms with Gasteiger partial charge in [0.25, 0.3) is 0 Å². The van der Waals surface area contributed by atoms with Crippen LogP contribution < -0.4 is 9.05 Å². The summed E-state index contributed by atoms with van der Waals surface area (Å²) in [6, 6.07) is 14.6. The predicted molar refractivity (Wildman–Crippen MR) is 102 cm³/mol. The van der Waals surface area contributed by atoms with Gasteiger partial charge < -0.3 is 9.05 Å². The number of hydrogen-bond donors (Lipinski definition) is 0. The fourth-order valence-corrected chi connectivity index (χ4v) is 3.92. The molecule has 0 heterocycles. The highest BCUT2D eigenvalue weighted by molar-refractivity contribution is 7.54. The molecule has 0 spiro atoms. The maximum absolute atomic E-state index is 13.1. The minimum absolute atomic E-state index is 0.371. The van der Waals surface area contributed by atoms with Gasteiger partial charge in [-0.15, -0.1) is 0 Å². The summed E-state index contributed by atoms with van der Waals surface area (Å²) >= 11 is 0. The highest BCUT2D eigenvalue weighted by Crippen LogP contribution is 2.49. The van der Waals surface area contributed by atoms with E-state index in [0.717, 1.165) is 24.0 Å². The summed E-state index contributed by atoms with van der Waals surface area (Å²) in [4.78, 5) is 0. The molecule has 4 heteroatoms. The minimum Gasteiger partial charge on any atom is -0.416 e. The summed E-state index contributed by atoms with van der Waals surface area (Å²) < 4.78 is 24.6. The second kappa shape index (κ2) is 8.56. The molecule has 0 unspecified atom stereocenters. The SMILES string of the molecule is C=Cc1ccc(OP(=O)(CCCC)Oc2ccc(C=C)cc2)cc1. The van der Waals surface area contributed by atoms with Crippen molar-refractivity contribution < 1.29 is 13.6 Å². The Balaban J connectivity index is 2.18. The van der Waals surface area contributed by atoms with Gasteiger partial charge in [-0.25, -0.2) is 4.57 Å². The van der Waals surface area contributed by atoms with E-state index in [1.54, 1.807) is 36.4 Å². The molecule has 0 aliphatic carbocycles. The van der Waals surface area contributed by atoms with E-state index in [-0.39, 0.29) is 0 Å². The molecule has 0 aromatic heterocycles. The molecule has 0 N–H and O–H groups in total. The molecule has 0 aliphatic rings. The highest BCUT2D eigenvalue weighted by atomic mass is 31.2. The Labute approximate surface area is 144 Å². The Morgan fingerprint density at radius 3 is 1.62 bits per heavy atom. The lowest BCUT2D eigenvalue weighted by Gasteiger charge is -2.20. The molecule has 0 amide bonds. The van der Waals surface area contributed by atoms with Crippen LogP contribution in [0.2, 0.25) is 0 Å². The van der Waals surface area contributed by atoms with Gasteiger partial charge in [-0.3, -0.25) is 0 Å². The molecule has 126 valence electrons. The minimum atomic E-state index is -3.28. The van der Waals surface area contributed by atoms with Crippen molar-refractivity contribution in [3.8, 4) is 11.5 Å². The number of rotatable bonds is 9. The first-order valence-corrected chi connectivity index (χ1v) is 9.74. The third kappa shape index (κ3) is 5.14. The molecule has 24 heavy (non-hydrogen) atoms. The van der Waals surface area contributed by atoms with Crippen LogP contribution in [0.25, 0.3) is 12.2 Å². The van der Waals surface area contributed by atoms with Crippen molar-refractivity contribution >= 4 is 19.7 Å². The van der Waals surface area contributed by atoms with Crippen LogP contribution in [0.3, 0.4) is 0 Å². The van der Waals surface area contributed by atoms with Gasteiger partial charge >= 0.3 is 7.60 Å². The van der Waals surface area contributed by atoms with Crippen LogP contribution in [0.1, 0.15) is 30.9 Å². The Bertz CT molecular complexity index is 660. The average molecular weight is 342 g/mol. The van der Waals surface area contributed by atoms with E-state index in [4.69, 9.17) is 9.05 Å². The molecular weight excluding hydrogens is 319 g/mol. The van der Waals surface area contributed by atoms with E-state index in [9.17, 15) is 4.57 Å². The number of hydrogen-bond acceptors (Lipinski definition) is 3. The van der Waals surface area contributed by atoms with Crippen LogP contribution in [-0.2, 0) is 4.57 Å². The average Bonchev–Trinajstić information content (AvgIpc) is 2.61. The summed E-state index contributed by atoms with van der Waals surface area (Å²) in [7, 11) is -3.28. The van der Waals surface area contributed by atoms with E-state index in [2.05, 4.69) is 13.2 Å². The molecule has 0 bridgehead atoms. The van der Waals surface area contributed by atoms with E-state index in [1.165, 1.54) is 0 Å². The molecule has 2 rings (SSSR count). The summed E-state index contributed by atoms with van der Waals surface area (Å²) in [5.41, 5.74) is 1.96. The third-order valence-corrected chi connectivity index (χ3v) is 5.35. The fraction of sp³-hybridized carbons (Fsp3) is 0.200. The molecule has 0 saturated heterocycles. The number of unbranched alkanes of at least 4 members (excludes halogenated alkanes) is 1. The monoisotopic (exact) mass is 342 g/mol. The van der Waals surface area contributed by atoms with E-state index in [0.29, 0.717) is 17.7 Å². The van der Waals surface area contributed by atoms with Crippen LogP contribution in [0, 0.1) is 0 Å². The maximum Gasteiger partial charge on any atom is 0.430 e. The maximum atomic E-state index is 13.1. The Kier molecular flexibility index (Phi) is 6.45. The summed E-state index contributed by atoms with van der Waals surface area (Å²) in [6.07, 6.45) is 5.56. The van der Waals surface area contributed by atoms with Crippen LogP contribution >= 0.6 is 7.60 Å². The molecule has 2 aromatic carbocycles. The molecule has 0 atom stereocenters. The van der Waals surface area contributed by atoms with Crippen molar-refractivity contribution in [1.29, 1.82) is 0 Å². The zero-order valence-corrected chi connectivity index (χ0v) is 14.9. The molecule has 2 aromatic rings. The van der Waals surface area contributed by atoms with Crippen LogP contribution in [0.4, 0.5) is 0 Å². The summed E-state index contributed by atoms with van der Waals surface area (Å²) in [5.74, 6) is 1.06.